The lowest BCUT2D eigenvalue weighted by atomic mass is 10.1. The van der Waals surface area contributed by atoms with Crippen LogP contribution in [-0.2, 0) is 0 Å². The maximum atomic E-state index is 13.1. The van der Waals surface area contributed by atoms with Crippen molar-refractivity contribution in [3.05, 3.63) is 64.2 Å². The van der Waals surface area contributed by atoms with Gasteiger partial charge in [-0.2, -0.15) is 0 Å². The van der Waals surface area contributed by atoms with Crippen LogP contribution in [0.3, 0.4) is 0 Å². The summed E-state index contributed by atoms with van der Waals surface area (Å²) in [6, 6.07) is 6.21. The second kappa shape index (κ2) is 7.24. The number of ether oxygens (including phenoxy) is 2. The van der Waals surface area contributed by atoms with Crippen molar-refractivity contribution in [2.45, 2.75) is 0 Å². The van der Waals surface area contributed by atoms with E-state index < -0.39 is 17.4 Å². The number of carbonyl (C=O) groups excluding carboxylic acids is 1. The first-order valence-corrected chi connectivity index (χ1v) is 6.93. The Morgan fingerprint density at radius 2 is 1.83 bits per heavy atom. The second-order valence-corrected chi connectivity index (χ2v) is 4.97. The number of hydrogen-bond donors (Lipinski definition) is 0. The van der Waals surface area contributed by atoms with Crippen molar-refractivity contribution >= 4 is 23.5 Å². The van der Waals surface area contributed by atoms with Crippen molar-refractivity contribution < 1.29 is 23.0 Å². The van der Waals surface area contributed by atoms with Crippen LogP contribution >= 0.6 is 11.6 Å². The molecule has 2 rings (SSSR count). The minimum Gasteiger partial charge on any atom is -0.493 e. The van der Waals surface area contributed by atoms with E-state index in [1.54, 1.807) is 12.1 Å². The third kappa shape index (κ3) is 3.87. The van der Waals surface area contributed by atoms with Crippen molar-refractivity contribution in [3.8, 4) is 11.5 Å². The molecule has 0 radical (unpaired) electrons. The fourth-order valence-electron chi connectivity index (χ4n) is 1.95. The van der Waals surface area contributed by atoms with Crippen LogP contribution < -0.4 is 9.47 Å². The molecule has 120 valence electrons. The highest BCUT2D eigenvalue weighted by Crippen LogP contribution is 2.36. The fraction of sp³-hybridized carbons (Fsp3) is 0.118. The van der Waals surface area contributed by atoms with E-state index in [-0.39, 0.29) is 5.56 Å². The van der Waals surface area contributed by atoms with Crippen LogP contribution in [0.1, 0.15) is 15.9 Å². The van der Waals surface area contributed by atoms with Crippen molar-refractivity contribution in [1.29, 1.82) is 0 Å². The molecule has 6 heteroatoms. The standard InChI is InChI=1S/C17H13ClF2O3/c1-22-16-8-10(7-12(18)17(16)23-2)3-6-15(21)11-4-5-13(19)14(20)9-11/h3-9H,1-2H3/b6-3+. The van der Waals surface area contributed by atoms with Gasteiger partial charge in [-0.1, -0.05) is 17.7 Å². The van der Waals surface area contributed by atoms with Crippen LogP contribution in [0.4, 0.5) is 8.78 Å². The van der Waals surface area contributed by atoms with Crippen LogP contribution in [0.15, 0.2) is 36.4 Å². The van der Waals surface area contributed by atoms with E-state index >= 15 is 0 Å². The highest BCUT2D eigenvalue weighted by molar-refractivity contribution is 6.32. The molecule has 0 spiro atoms. The highest BCUT2D eigenvalue weighted by Gasteiger charge is 2.11. The molecule has 23 heavy (non-hydrogen) atoms. The first-order valence-electron chi connectivity index (χ1n) is 6.55. The van der Waals surface area contributed by atoms with Gasteiger partial charge in [0.05, 0.1) is 19.2 Å². The lowest BCUT2D eigenvalue weighted by molar-refractivity contribution is 0.104. The molecule has 0 saturated carbocycles. The molecule has 0 bridgehead atoms. The monoisotopic (exact) mass is 338 g/mol. The molecule has 0 aromatic heterocycles. The van der Waals surface area contributed by atoms with E-state index in [9.17, 15) is 13.6 Å². The highest BCUT2D eigenvalue weighted by atomic mass is 35.5. The third-order valence-corrected chi connectivity index (χ3v) is 3.37. The summed E-state index contributed by atoms with van der Waals surface area (Å²) in [6.07, 6.45) is 2.74. The predicted octanol–water partition coefficient (Wildman–Crippen LogP) is 4.53. The molecule has 0 N–H and O–H groups in total. The van der Waals surface area contributed by atoms with Gasteiger partial charge in [0.1, 0.15) is 0 Å². The lowest BCUT2D eigenvalue weighted by Crippen LogP contribution is -1.97. The van der Waals surface area contributed by atoms with Crippen LogP contribution in [0.25, 0.3) is 6.08 Å². The molecule has 0 unspecified atom stereocenters. The van der Waals surface area contributed by atoms with Crippen molar-refractivity contribution in [1.82, 2.24) is 0 Å². The summed E-state index contributed by atoms with van der Waals surface area (Å²) in [6.45, 7) is 0. The Bertz CT molecular complexity index is 773. The minimum atomic E-state index is -1.07. The molecule has 0 amide bonds. The Morgan fingerprint density at radius 1 is 1.09 bits per heavy atom. The van der Waals surface area contributed by atoms with Crippen LogP contribution in [0.2, 0.25) is 5.02 Å². The number of allylic oxidation sites excluding steroid dienone is 1. The molecule has 2 aromatic carbocycles. The number of carbonyl (C=O) groups is 1. The quantitative estimate of drug-likeness (QED) is 0.593. The zero-order chi connectivity index (χ0) is 17.0. The molecule has 0 saturated heterocycles. The van der Waals surface area contributed by atoms with Crippen molar-refractivity contribution in [3.63, 3.8) is 0 Å². The van der Waals surface area contributed by atoms with Gasteiger partial charge in [0.2, 0.25) is 0 Å². The summed E-state index contributed by atoms with van der Waals surface area (Å²) >= 11 is 6.07. The molecular formula is C17H13ClF2O3. The Kier molecular flexibility index (Phi) is 5.34. The van der Waals surface area contributed by atoms with Gasteiger partial charge in [0.25, 0.3) is 0 Å². The van der Waals surface area contributed by atoms with E-state index in [0.717, 1.165) is 12.1 Å². The van der Waals surface area contributed by atoms with Gasteiger partial charge in [-0.3, -0.25) is 4.79 Å². The van der Waals surface area contributed by atoms with Gasteiger partial charge in [-0.05, 0) is 42.0 Å². The summed E-state index contributed by atoms with van der Waals surface area (Å²) < 4.78 is 36.3. The van der Waals surface area contributed by atoms with Gasteiger partial charge in [-0.25, -0.2) is 8.78 Å². The van der Waals surface area contributed by atoms with Gasteiger partial charge in [0.15, 0.2) is 28.9 Å². The third-order valence-electron chi connectivity index (χ3n) is 3.09. The molecule has 0 fully saturated rings. The molecule has 0 aliphatic carbocycles. The van der Waals surface area contributed by atoms with Crippen molar-refractivity contribution in [2.24, 2.45) is 0 Å². The van der Waals surface area contributed by atoms with E-state index in [1.165, 1.54) is 32.4 Å². The zero-order valence-corrected chi connectivity index (χ0v) is 13.2. The van der Waals surface area contributed by atoms with E-state index in [0.29, 0.717) is 22.1 Å². The molecule has 0 atom stereocenters. The zero-order valence-electron chi connectivity index (χ0n) is 12.4. The maximum absolute atomic E-state index is 13.1. The summed E-state index contributed by atoms with van der Waals surface area (Å²) in [5.74, 6) is -1.73. The summed E-state index contributed by atoms with van der Waals surface area (Å²) in [5, 5.41) is 0.326. The van der Waals surface area contributed by atoms with E-state index in [4.69, 9.17) is 21.1 Å². The number of benzene rings is 2. The summed E-state index contributed by atoms with van der Waals surface area (Å²) in [7, 11) is 2.93. The summed E-state index contributed by atoms with van der Waals surface area (Å²) in [5.41, 5.74) is 0.648. The normalized spacial score (nSPS) is 10.8. The van der Waals surface area contributed by atoms with Crippen molar-refractivity contribution in [2.75, 3.05) is 14.2 Å². The fourth-order valence-corrected chi connectivity index (χ4v) is 2.25. The lowest BCUT2D eigenvalue weighted by Gasteiger charge is -2.10. The first kappa shape index (κ1) is 17.0. The second-order valence-electron chi connectivity index (χ2n) is 4.56. The average molecular weight is 339 g/mol. The largest absolute Gasteiger partial charge is 0.493 e. The van der Waals surface area contributed by atoms with Crippen LogP contribution in [0, 0.1) is 11.6 Å². The van der Waals surface area contributed by atoms with Crippen LogP contribution in [0.5, 0.6) is 11.5 Å². The molecule has 0 aliphatic rings. The van der Waals surface area contributed by atoms with Gasteiger partial charge in [0, 0.05) is 5.56 Å². The predicted molar refractivity (Wildman–Crippen MR) is 84.3 cm³/mol. The number of hydrogen-bond acceptors (Lipinski definition) is 3. The smallest absolute Gasteiger partial charge is 0.185 e. The van der Waals surface area contributed by atoms with E-state index in [1.807, 2.05) is 0 Å². The molecule has 0 aliphatic heterocycles. The van der Waals surface area contributed by atoms with Crippen LogP contribution in [-0.4, -0.2) is 20.0 Å². The molecule has 2 aromatic rings. The Balaban J connectivity index is 2.27. The molecule has 3 nitrogen and oxygen atoms in total. The Labute approximate surface area is 137 Å². The maximum Gasteiger partial charge on any atom is 0.185 e. The topological polar surface area (TPSA) is 35.5 Å². The minimum absolute atomic E-state index is 0.0479. The molecule has 0 heterocycles. The van der Waals surface area contributed by atoms with Gasteiger partial charge >= 0.3 is 0 Å². The SMILES string of the molecule is COc1cc(/C=C/C(=O)c2ccc(F)c(F)c2)cc(Cl)c1OC. The Morgan fingerprint density at radius 3 is 2.43 bits per heavy atom. The number of ketones is 1. The van der Waals surface area contributed by atoms with Gasteiger partial charge in [-0.15, -0.1) is 0 Å². The molecular weight excluding hydrogens is 326 g/mol. The number of methoxy groups -OCH3 is 2. The average Bonchev–Trinajstić information content (AvgIpc) is 2.54. The Hall–Kier alpha value is -2.40. The number of halogens is 3. The summed E-state index contributed by atoms with van der Waals surface area (Å²) in [4.78, 5) is 12.0. The van der Waals surface area contributed by atoms with Gasteiger partial charge < -0.3 is 9.47 Å². The number of rotatable bonds is 5. The van der Waals surface area contributed by atoms with E-state index in [2.05, 4.69) is 0 Å². The first-order chi connectivity index (χ1) is 11.0.